The Morgan fingerprint density at radius 3 is 2.84 bits per heavy atom. The third kappa shape index (κ3) is 2.60. The fourth-order valence-electron chi connectivity index (χ4n) is 3.32. The van der Waals surface area contributed by atoms with Crippen LogP contribution in [0.25, 0.3) is 0 Å². The molecule has 1 heterocycles. The normalized spacial score (nSPS) is 27.7. The smallest absolute Gasteiger partial charge is 0.243 e. The molecule has 2 unspecified atom stereocenters. The van der Waals surface area contributed by atoms with Gasteiger partial charge in [0.2, 0.25) is 5.91 Å². The number of para-hydroxylation sites is 1. The summed E-state index contributed by atoms with van der Waals surface area (Å²) in [4.78, 5) is 12.3. The Labute approximate surface area is 114 Å². The van der Waals surface area contributed by atoms with E-state index < -0.39 is 0 Å². The summed E-state index contributed by atoms with van der Waals surface area (Å²) in [7, 11) is 0. The number of amides is 1. The molecular weight excluding hydrogens is 236 g/mol. The average Bonchev–Trinajstić information content (AvgIpc) is 2.92. The van der Waals surface area contributed by atoms with Crippen molar-refractivity contribution in [3.05, 3.63) is 29.8 Å². The molecule has 1 saturated carbocycles. The highest BCUT2D eigenvalue weighted by atomic mass is 16.2. The number of rotatable bonds is 2. The predicted molar refractivity (Wildman–Crippen MR) is 77.1 cm³/mol. The molecule has 1 aromatic carbocycles. The maximum Gasteiger partial charge on any atom is 0.243 e. The first-order chi connectivity index (χ1) is 9.03. The number of benzene rings is 1. The van der Waals surface area contributed by atoms with Gasteiger partial charge < -0.3 is 10.6 Å². The summed E-state index contributed by atoms with van der Waals surface area (Å²) >= 11 is 0. The average molecular weight is 258 g/mol. The second-order valence-corrected chi connectivity index (χ2v) is 6.67. The molecule has 0 saturated heterocycles. The molecule has 1 aliphatic heterocycles. The van der Waals surface area contributed by atoms with Crippen molar-refractivity contribution in [1.29, 1.82) is 0 Å². The van der Waals surface area contributed by atoms with Gasteiger partial charge in [0.05, 0.1) is 0 Å². The van der Waals surface area contributed by atoms with Gasteiger partial charge >= 0.3 is 0 Å². The molecule has 1 aliphatic carbocycles. The Kier molecular flexibility index (Phi) is 3.00. The van der Waals surface area contributed by atoms with E-state index in [1.165, 1.54) is 12.0 Å². The zero-order chi connectivity index (χ0) is 13.5. The van der Waals surface area contributed by atoms with E-state index >= 15 is 0 Å². The van der Waals surface area contributed by atoms with Crippen molar-refractivity contribution in [3.63, 3.8) is 0 Å². The summed E-state index contributed by atoms with van der Waals surface area (Å²) in [5.41, 5.74) is 2.73. The van der Waals surface area contributed by atoms with Crippen LogP contribution in [0.5, 0.6) is 0 Å². The van der Waals surface area contributed by atoms with Gasteiger partial charge in [0.15, 0.2) is 0 Å². The van der Waals surface area contributed by atoms with Gasteiger partial charge in [-0.05, 0) is 36.3 Å². The number of hydrogen-bond acceptors (Lipinski definition) is 2. The third-order valence-corrected chi connectivity index (χ3v) is 4.40. The van der Waals surface area contributed by atoms with Gasteiger partial charge in [-0.2, -0.15) is 0 Å². The zero-order valence-electron chi connectivity index (χ0n) is 11.7. The van der Waals surface area contributed by atoms with Crippen LogP contribution in [0.3, 0.4) is 0 Å². The predicted octanol–water partition coefficient (Wildman–Crippen LogP) is 2.72. The van der Waals surface area contributed by atoms with Gasteiger partial charge in [-0.15, -0.1) is 0 Å². The van der Waals surface area contributed by atoms with Crippen LogP contribution in [0.2, 0.25) is 0 Å². The lowest BCUT2D eigenvalue weighted by Gasteiger charge is -2.19. The summed E-state index contributed by atoms with van der Waals surface area (Å²) in [6, 6.07) is 8.43. The lowest BCUT2D eigenvalue weighted by Crippen LogP contribution is -2.43. The lowest BCUT2D eigenvalue weighted by molar-refractivity contribution is -0.122. The van der Waals surface area contributed by atoms with E-state index in [1.807, 2.05) is 18.2 Å². The lowest BCUT2D eigenvalue weighted by atomic mass is 9.92. The van der Waals surface area contributed by atoms with Crippen molar-refractivity contribution in [2.24, 2.45) is 5.41 Å². The van der Waals surface area contributed by atoms with Crippen LogP contribution in [-0.4, -0.2) is 18.0 Å². The number of anilines is 1. The van der Waals surface area contributed by atoms with Crippen LogP contribution in [0.1, 0.15) is 38.7 Å². The first-order valence-corrected chi connectivity index (χ1v) is 7.18. The number of hydrogen-bond donors (Lipinski definition) is 2. The minimum atomic E-state index is -0.0962. The van der Waals surface area contributed by atoms with E-state index in [9.17, 15) is 4.79 Å². The van der Waals surface area contributed by atoms with Crippen LogP contribution < -0.4 is 10.6 Å². The zero-order valence-corrected chi connectivity index (χ0v) is 11.7. The highest BCUT2D eigenvalue weighted by Gasteiger charge is 2.34. The van der Waals surface area contributed by atoms with Gasteiger partial charge in [-0.25, -0.2) is 0 Å². The van der Waals surface area contributed by atoms with Gasteiger partial charge in [-0.1, -0.05) is 32.0 Å². The molecule has 1 aromatic rings. The SMILES string of the molecule is CC1(C)CCC(NC(=O)C2Cc3ccccc3N2)C1. The van der Waals surface area contributed by atoms with Gasteiger partial charge in [-0.3, -0.25) is 4.79 Å². The van der Waals surface area contributed by atoms with Crippen molar-refractivity contribution in [3.8, 4) is 0 Å². The van der Waals surface area contributed by atoms with Crippen molar-refractivity contribution < 1.29 is 4.79 Å². The van der Waals surface area contributed by atoms with Crippen molar-refractivity contribution >= 4 is 11.6 Å². The maximum atomic E-state index is 12.3. The number of fused-ring (bicyclic) bond motifs is 1. The highest BCUT2D eigenvalue weighted by molar-refractivity contribution is 5.87. The molecule has 3 heteroatoms. The first kappa shape index (κ1) is 12.5. The standard InChI is InChI=1S/C16H22N2O/c1-16(2)8-7-12(10-16)17-15(19)14-9-11-5-3-4-6-13(11)18-14/h3-6,12,14,18H,7-10H2,1-2H3,(H,17,19). The summed E-state index contributed by atoms with van der Waals surface area (Å²) in [6.07, 6.45) is 4.21. The molecule has 102 valence electrons. The number of carbonyl (C=O) groups excluding carboxylic acids is 1. The Morgan fingerprint density at radius 1 is 1.37 bits per heavy atom. The van der Waals surface area contributed by atoms with Crippen molar-refractivity contribution in [2.45, 2.75) is 51.6 Å². The maximum absolute atomic E-state index is 12.3. The van der Waals surface area contributed by atoms with Crippen LogP contribution in [0.15, 0.2) is 24.3 Å². The highest BCUT2D eigenvalue weighted by Crippen LogP contribution is 2.37. The Hall–Kier alpha value is -1.51. The molecule has 0 bridgehead atoms. The summed E-state index contributed by atoms with van der Waals surface area (Å²) in [6.45, 7) is 4.56. The van der Waals surface area contributed by atoms with Crippen molar-refractivity contribution in [2.75, 3.05) is 5.32 Å². The molecule has 1 fully saturated rings. The van der Waals surface area contributed by atoms with Crippen LogP contribution in [-0.2, 0) is 11.2 Å². The molecule has 2 N–H and O–H groups in total. The Balaban J connectivity index is 1.59. The summed E-state index contributed by atoms with van der Waals surface area (Å²) < 4.78 is 0. The molecule has 0 radical (unpaired) electrons. The Bertz CT molecular complexity index is 470. The topological polar surface area (TPSA) is 41.1 Å². The first-order valence-electron chi connectivity index (χ1n) is 7.18. The van der Waals surface area contributed by atoms with Gasteiger partial charge in [0.25, 0.3) is 0 Å². The largest absolute Gasteiger partial charge is 0.373 e. The Morgan fingerprint density at radius 2 is 2.16 bits per heavy atom. The minimum Gasteiger partial charge on any atom is -0.373 e. The quantitative estimate of drug-likeness (QED) is 0.856. The van der Waals surface area contributed by atoms with E-state index in [-0.39, 0.29) is 11.9 Å². The van der Waals surface area contributed by atoms with Crippen LogP contribution in [0, 0.1) is 5.41 Å². The number of carbonyl (C=O) groups is 1. The molecule has 2 aliphatic rings. The molecule has 0 spiro atoms. The molecular formula is C16H22N2O. The number of nitrogens with one attached hydrogen (secondary N) is 2. The summed E-state index contributed by atoms with van der Waals surface area (Å²) in [5, 5.41) is 6.53. The van der Waals surface area contributed by atoms with Crippen LogP contribution >= 0.6 is 0 Å². The second-order valence-electron chi connectivity index (χ2n) is 6.67. The van der Waals surface area contributed by atoms with Gasteiger partial charge in [0.1, 0.15) is 6.04 Å². The van der Waals surface area contributed by atoms with E-state index in [2.05, 4.69) is 30.5 Å². The monoisotopic (exact) mass is 258 g/mol. The van der Waals surface area contributed by atoms with E-state index in [1.54, 1.807) is 0 Å². The summed E-state index contributed by atoms with van der Waals surface area (Å²) in [5.74, 6) is 0.152. The molecule has 1 amide bonds. The van der Waals surface area contributed by atoms with Crippen molar-refractivity contribution in [1.82, 2.24) is 5.32 Å². The van der Waals surface area contributed by atoms with E-state index in [0.29, 0.717) is 11.5 Å². The molecule has 0 aromatic heterocycles. The second kappa shape index (κ2) is 4.55. The molecule has 19 heavy (non-hydrogen) atoms. The minimum absolute atomic E-state index is 0.0962. The molecule has 2 atom stereocenters. The van der Waals surface area contributed by atoms with Gasteiger partial charge in [0, 0.05) is 18.2 Å². The molecule has 3 nitrogen and oxygen atoms in total. The fourth-order valence-corrected chi connectivity index (χ4v) is 3.32. The van der Waals surface area contributed by atoms with E-state index in [4.69, 9.17) is 0 Å². The van der Waals surface area contributed by atoms with Crippen LogP contribution in [0.4, 0.5) is 5.69 Å². The fraction of sp³-hybridized carbons (Fsp3) is 0.562. The third-order valence-electron chi connectivity index (χ3n) is 4.40. The molecule has 3 rings (SSSR count). The van der Waals surface area contributed by atoms with E-state index in [0.717, 1.165) is 24.9 Å².